The van der Waals surface area contributed by atoms with Gasteiger partial charge in [0.25, 0.3) is 0 Å². The van der Waals surface area contributed by atoms with Crippen LogP contribution in [0.1, 0.15) is 31.2 Å². The van der Waals surface area contributed by atoms with Gasteiger partial charge in [-0.05, 0) is 37.3 Å². The van der Waals surface area contributed by atoms with Crippen LogP contribution in [0.25, 0.3) is 0 Å². The lowest BCUT2D eigenvalue weighted by Gasteiger charge is -2.30. The number of methoxy groups -OCH3 is 1. The van der Waals surface area contributed by atoms with Gasteiger partial charge in [0, 0.05) is 18.7 Å². The minimum absolute atomic E-state index is 0.264. The first-order valence-corrected chi connectivity index (χ1v) is 7.39. The van der Waals surface area contributed by atoms with Crippen molar-refractivity contribution in [2.75, 3.05) is 20.3 Å². The van der Waals surface area contributed by atoms with Crippen molar-refractivity contribution in [1.29, 1.82) is 0 Å². The summed E-state index contributed by atoms with van der Waals surface area (Å²) in [7, 11) is 1.48. The third kappa shape index (κ3) is 3.70. The highest BCUT2D eigenvalue weighted by molar-refractivity contribution is 5.30. The largest absolute Gasteiger partial charge is 0.494 e. The Morgan fingerprint density at radius 1 is 1.30 bits per heavy atom. The molecule has 4 heteroatoms. The number of hydrogen-bond acceptors (Lipinski definition) is 3. The molecule has 0 saturated heterocycles. The van der Waals surface area contributed by atoms with Crippen LogP contribution in [-0.2, 0) is 6.54 Å². The summed E-state index contributed by atoms with van der Waals surface area (Å²) in [6.07, 6.45) is 4.71. The number of hydrogen-bond donors (Lipinski definition) is 2. The molecule has 2 unspecified atom stereocenters. The van der Waals surface area contributed by atoms with E-state index in [1.54, 1.807) is 18.2 Å². The summed E-state index contributed by atoms with van der Waals surface area (Å²) in [5.74, 6) is 0.897. The molecular formula is C16H24FNO2. The highest BCUT2D eigenvalue weighted by Crippen LogP contribution is 2.29. The average molecular weight is 281 g/mol. The minimum Gasteiger partial charge on any atom is -0.494 e. The summed E-state index contributed by atoms with van der Waals surface area (Å²) in [6, 6.07) is 5.20. The van der Waals surface area contributed by atoms with Crippen LogP contribution in [-0.4, -0.2) is 25.4 Å². The zero-order valence-electron chi connectivity index (χ0n) is 12.1. The van der Waals surface area contributed by atoms with Crippen molar-refractivity contribution in [3.8, 4) is 5.75 Å². The van der Waals surface area contributed by atoms with Gasteiger partial charge in [-0.15, -0.1) is 0 Å². The summed E-state index contributed by atoms with van der Waals surface area (Å²) in [6.45, 7) is 1.60. The van der Waals surface area contributed by atoms with E-state index in [1.807, 2.05) is 0 Å². The van der Waals surface area contributed by atoms with E-state index in [0.717, 1.165) is 19.4 Å². The molecule has 20 heavy (non-hydrogen) atoms. The third-order valence-corrected chi connectivity index (χ3v) is 4.29. The van der Waals surface area contributed by atoms with E-state index in [2.05, 4.69) is 5.32 Å². The standard InChI is InChI=1S/C16H24FNO2/c1-20-15-8-4-7-13(16(15)17)10-18-9-12-5-2-3-6-14(12)11-19/h4,7-8,12,14,18-19H,2-3,5-6,9-11H2,1H3. The van der Waals surface area contributed by atoms with Gasteiger partial charge in [-0.3, -0.25) is 0 Å². The first-order valence-electron chi connectivity index (χ1n) is 7.39. The quantitative estimate of drug-likeness (QED) is 0.842. The normalized spacial score (nSPS) is 22.8. The minimum atomic E-state index is -0.287. The lowest BCUT2D eigenvalue weighted by Crippen LogP contribution is -2.32. The Morgan fingerprint density at radius 2 is 2.05 bits per heavy atom. The van der Waals surface area contributed by atoms with Crippen LogP contribution in [0.4, 0.5) is 4.39 Å². The zero-order chi connectivity index (χ0) is 14.4. The molecule has 0 aromatic heterocycles. The molecule has 1 aromatic carbocycles. The summed E-state index contributed by atoms with van der Waals surface area (Å²) < 4.78 is 19.0. The molecular weight excluding hydrogens is 257 g/mol. The van der Waals surface area contributed by atoms with Gasteiger partial charge in [0.2, 0.25) is 0 Å². The van der Waals surface area contributed by atoms with Crippen molar-refractivity contribution in [3.05, 3.63) is 29.6 Å². The van der Waals surface area contributed by atoms with Gasteiger partial charge in [-0.25, -0.2) is 4.39 Å². The fourth-order valence-electron chi connectivity index (χ4n) is 3.04. The molecule has 1 saturated carbocycles. The van der Waals surface area contributed by atoms with Crippen molar-refractivity contribution >= 4 is 0 Å². The van der Waals surface area contributed by atoms with E-state index in [0.29, 0.717) is 23.9 Å². The smallest absolute Gasteiger partial charge is 0.169 e. The van der Waals surface area contributed by atoms with Gasteiger partial charge in [-0.2, -0.15) is 0 Å². The van der Waals surface area contributed by atoms with Crippen LogP contribution in [0.2, 0.25) is 0 Å². The van der Waals surface area contributed by atoms with E-state index in [-0.39, 0.29) is 18.2 Å². The number of aliphatic hydroxyl groups excluding tert-OH is 1. The molecule has 0 radical (unpaired) electrons. The van der Waals surface area contributed by atoms with Crippen LogP contribution in [0.5, 0.6) is 5.75 Å². The predicted octanol–water partition coefficient (Wildman–Crippen LogP) is 2.72. The first kappa shape index (κ1) is 15.3. The number of halogens is 1. The molecule has 0 amide bonds. The first-order chi connectivity index (χ1) is 9.76. The maximum absolute atomic E-state index is 14.0. The van der Waals surface area contributed by atoms with Crippen molar-refractivity contribution in [2.45, 2.75) is 32.2 Å². The Kier molecular flexibility index (Phi) is 5.80. The number of benzene rings is 1. The number of aliphatic hydroxyl groups is 1. The van der Waals surface area contributed by atoms with Crippen molar-refractivity contribution in [2.24, 2.45) is 11.8 Å². The maximum Gasteiger partial charge on any atom is 0.169 e. The predicted molar refractivity (Wildman–Crippen MR) is 77.2 cm³/mol. The molecule has 1 fully saturated rings. The van der Waals surface area contributed by atoms with Crippen molar-refractivity contribution in [1.82, 2.24) is 5.32 Å². The van der Waals surface area contributed by atoms with E-state index in [9.17, 15) is 9.50 Å². The topological polar surface area (TPSA) is 41.5 Å². The number of rotatable bonds is 6. The van der Waals surface area contributed by atoms with Gasteiger partial charge < -0.3 is 15.2 Å². The molecule has 0 spiro atoms. The number of nitrogens with one attached hydrogen (secondary N) is 1. The number of ether oxygens (including phenoxy) is 1. The Morgan fingerprint density at radius 3 is 2.75 bits per heavy atom. The van der Waals surface area contributed by atoms with Gasteiger partial charge in [0.1, 0.15) is 0 Å². The van der Waals surface area contributed by atoms with E-state index in [1.165, 1.54) is 20.0 Å². The average Bonchev–Trinajstić information content (AvgIpc) is 2.49. The Balaban J connectivity index is 1.86. The Hall–Kier alpha value is -1.13. The van der Waals surface area contributed by atoms with E-state index < -0.39 is 0 Å². The monoisotopic (exact) mass is 281 g/mol. The fourth-order valence-corrected chi connectivity index (χ4v) is 3.04. The van der Waals surface area contributed by atoms with Gasteiger partial charge in [0.05, 0.1) is 7.11 Å². The third-order valence-electron chi connectivity index (χ3n) is 4.29. The van der Waals surface area contributed by atoms with Crippen LogP contribution in [0, 0.1) is 17.7 Å². The molecule has 2 rings (SSSR count). The highest BCUT2D eigenvalue weighted by Gasteiger charge is 2.23. The van der Waals surface area contributed by atoms with Crippen molar-refractivity contribution in [3.63, 3.8) is 0 Å². The second-order valence-electron chi connectivity index (χ2n) is 5.55. The van der Waals surface area contributed by atoms with Crippen LogP contribution >= 0.6 is 0 Å². The molecule has 112 valence electrons. The summed E-state index contributed by atoms with van der Waals surface area (Å²) in [4.78, 5) is 0. The Bertz CT molecular complexity index is 425. The molecule has 1 aliphatic carbocycles. The van der Waals surface area contributed by atoms with Crippen LogP contribution in [0.3, 0.4) is 0 Å². The fraction of sp³-hybridized carbons (Fsp3) is 0.625. The highest BCUT2D eigenvalue weighted by atomic mass is 19.1. The molecule has 0 heterocycles. The molecule has 1 aliphatic rings. The lowest BCUT2D eigenvalue weighted by molar-refractivity contribution is 0.133. The maximum atomic E-state index is 14.0. The summed E-state index contributed by atoms with van der Waals surface area (Å²) >= 11 is 0. The molecule has 2 N–H and O–H groups in total. The molecule has 2 atom stereocenters. The van der Waals surface area contributed by atoms with E-state index in [4.69, 9.17) is 4.74 Å². The lowest BCUT2D eigenvalue weighted by atomic mass is 9.79. The second-order valence-corrected chi connectivity index (χ2v) is 5.55. The van der Waals surface area contributed by atoms with Gasteiger partial charge in [0.15, 0.2) is 11.6 Å². The van der Waals surface area contributed by atoms with Gasteiger partial charge >= 0.3 is 0 Å². The summed E-state index contributed by atoms with van der Waals surface area (Å²) in [5.41, 5.74) is 0.626. The van der Waals surface area contributed by atoms with Crippen LogP contribution in [0.15, 0.2) is 18.2 Å². The summed E-state index contributed by atoms with van der Waals surface area (Å²) in [5, 5.41) is 12.7. The van der Waals surface area contributed by atoms with Crippen LogP contribution < -0.4 is 10.1 Å². The van der Waals surface area contributed by atoms with Gasteiger partial charge in [-0.1, -0.05) is 25.0 Å². The molecule has 0 bridgehead atoms. The van der Waals surface area contributed by atoms with Crippen molar-refractivity contribution < 1.29 is 14.2 Å². The molecule has 0 aliphatic heterocycles. The molecule has 3 nitrogen and oxygen atoms in total. The SMILES string of the molecule is COc1cccc(CNCC2CCCCC2CO)c1F. The molecule has 1 aromatic rings. The Labute approximate surface area is 120 Å². The second kappa shape index (κ2) is 7.60. The van der Waals surface area contributed by atoms with E-state index >= 15 is 0 Å². The zero-order valence-corrected chi connectivity index (χ0v) is 12.1.